The van der Waals surface area contributed by atoms with Crippen molar-refractivity contribution in [3.63, 3.8) is 0 Å². The molecule has 1 aliphatic carbocycles. The Hall–Kier alpha value is -2.81. The van der Waals surface area contributed by atoms with Crippen LogP contribution in [0.4, 0.5) is 5.00 Å². The van der Waals surface area contributed by atoms with Gasteiger partial charge in [0.05, 0.1) is 17.3 Å². The van der Waals surface area contributed by atoms with E-state index in [0.29, 0.717) is 34.9 Å². The van der Waals surface area contributed by atoms with E-state index in [1.54, 1.807) is 17.7 Å². The van der Waals surface area contributed by atoms with Crippen molar-refractivity contribution in [3.8, 4) is 23.5 Å². The molecule has 5 rings (SSSR count). The summed E-state index contributed by atoms with van der Waals surface area (Å²) in [6.07, 6.45) is 6.70. The summed E-state index contributed by atoms with van der Waals surface area (Å²) in [5.74, 6) is 1.40. The minimum absolute atomic E-state index is 0.00453. The zero-order valence-electron chi connectivity index (χ0n) is 22.4. The largest absolute Gasteiger partial charge is 0.473 e. The average Bonchev–Trinajstić information content (AvgIpc) is 3.61. The predicted octanol–water partition coefficient (Wildman–Crippen LogP) is 5.55. The lowest BCUT2D eigenvalue weighted by atomic mass is 9.72. The Morgan fingerprint density at radius 2 is 2.18 bits per heavy atom. The van der Waals surface area contributed by atoms with Crippen LogP contribution in [0.2, 0.25) is 0 Å². The maximum atomic E-state index is 10.1. The summed E-state index contributed by atoms with van der Waals surface area (Å²) in [5, 5.41) is 15.1. The van der Waals surface area contributed by atoms with Gasteiger partial charge < -0.3 is 14.2 Å². The molecular formula is C27H32BrN7O2S. The molecule has 0 aromatic carbocycles. The van der Waals surface area contributed by atoms with Crippen molar-refractivity contribution >= 4 is 38.6 Å². The average molecular weight is 599 g/mol. The summed E-state index contributed by atoms with van der Waals surface area (Å²) >= 11 is 5.16. The van der Waals surface area contributed by atoms with E-state index < -0.39 is 5.41 Å². The van der Waals surface area contributed by atoms with Crippen LogP contribution in [-0.4, -0.2) is 71.1 Å². The number of likely N-dealkylation sites (N-methyl/N-ethyl adjacent to an activating group) is 1. The summed E-state index contributed by atoms with van der Waals surface area (Å²) in [4.78, 5) is 19.4. The summed E-state index contributed by atoms with van der Waals surface area (Å²) in [6, 6.07) is 6.49. The van der Waals surface area contributed by atoms with Gasteiger partial charge in [0.25, 0.3) is 0 Å². The molecule has 1 saturated heterocycles. The third-order valence-electron chi connectivity index (χ3n) is 7.43. The molecule has 0 amide bonds. The zero-order chi connectivity index (χ0) is 27.0. The van der Waals surface area contributed by atoms with Crippen molar-refractivity contribution in [3.05, 3.63) is 38.5 Å². The number of hydrogen-bond donors (Lipinski definition) is 0. The van der Waals surface area contributed by atoms with Crippen LogP contribution in [-0.2, 0) is 11.8 Å². The molecule has 0 bridgehead atoms. The first-order valence-corrected chi connectivity index (χ1v) is 14.5. The number of hydrogen-bond acceptors (Lipinski definition) is 9. The highest BCUT2D eigenvalue weighted by atomic mass is 79.9. The number of ether oxygens (including phenoxy) is 1. The minimum Gasteiger partial charge on any atom is -0.473 e. The van der Waals surface area contributed by atoms with E-state index in [4.69, 9.17) is 19.2 Å². The molecule has 0 unspecified atom stereocenters. The van der Waals surface area contributed by atoms with Gasteiger partial charge in [-0.3, -0.25) is 4.90 Å². The van der Waals surface area contributed by atoms with Crippen LogP contribution >= 0.6 is 27.3 Å². The lowest BCUT2D eigenvalue weighted by Crippen LogP contribution is -2.38. The number of nitriles is 1. The second-order valence-electron chi connectivity index (χ2n) is 10.5. The van der Waals surface area contributed by atoms with E-state index in [-0.39, 0.29) is 6.10 Å². The Bertz CT molecular complexity index is 1390. The van der Waals surface area contributed by atoms with Crippen LogP contribution in [0.15, 0.2) is 26.1 Å². The second kappa shape index (κ2) is 10.8. The number of aromatic nitrogens is 3. The van der Waals surface area contributed by atoms with Gasteiger partial charge in [-0.1, -0.05) is 21.1 Å². The van der Waals surface area contributed by atoms with Gasteiger partial charge in [0.2, 0.25) is 17.6 Å². The van der Waals surface area contributed by atoms with Gasteiger partial charge in [0.1, 0.15) is 22.9 Å². The molecule has 0 spiro atoms. The van der Waals surface area contributed by atoms with Crippen molar-refractivity contribution in [2.24, 2.45) is 4.99 Å². The second-order valence-corrected chi connectivity index (χ2v) is 12.5. The molecule has 9 nitrogen and oxygen atoms in total. The highest BCUT2D eigenvalue weighted by Crippen LogP contribution is 2.50. The molecule has 1 aliphatic heterocycles. The molecule has 11 heteroatoms. The van der Waals surface area contributed by atoms with E-state index in [9.17, 15) is 5.26 Å². The molecule has 1 fully saturated rings. The molecule has 3 aromatic rings. The minimum atomic E-state index is -0.584. The topological polar surface area (TPSA) is 104 Å². The van der Waals surface area contributed by atoms with Crippen LogP contribution in [0.25, 0.3) is 11.5 Å². The van der Waals surface area contributed by atoms with Gasteiger partial charge >= 0.3 is 0 Å². The maximum absolute atomic E-state index is 10.1. The number of nitrogens with zero attached hydrogens (tertiary/aromatic N) is 7. The summed E-state index contributed by atoms with van der Waals surface area (Å²) < 4.78 is 12.9. The summed E-state index contributed by atoms with van der Waals surface area (Å²) in [6.45, 7) is 5.26. The third kappa shape index (κ3) is 5.09. The standard InChI is InChI=1S/C27H32BrN7O2S/c1-16(20-8-7-11-35(20)5)36-22-13-17(28)12-19(31-22)24-32-26(37-33-24)27(2)10-6-9-21-23(27)18(14-29)25(38-21)30-15-34(3)4/h12-13,15-16,20H,6-11H2,1-5H3/b30-15+/t16-,20-,27-/m0/s1. The quantitative estimate of drug-likeness (QED) is 0.258. The normalized spacial score (nSPS) is 22.4. The zero-order valence-corrected chi connectivity index (χ0v) is 24.8. The highest BCUT2D eigenvalue weighted by molar-refractivity contribution is 9.10. The first-order valence-electron chi connectivity index (χ1n) is 12.9. The lowest BCUT2D eigenvalue weighted by Gasteiger charge is -2.30. The summed E-state index contributed by atoms with van der Waals surface area (Å²) in [5.41, 5.74) is 1.53. The smallest absolute Gasteiger partial charge is 0.237 e. The number of rotatable bonds is 7. The van der Waals surface area contributed by atoms with Gasteiger partial charge in [0, 0.05) is 41.1 Å². The third-order valence-corrected chi connectivity index (χ3v) is 9.05. The van der Waals surface area contributed by atoms with Crippen molar-refractivity contribution in [2.75, 3.05) is 27.7 Å². The number of aliphatic imine (C=N–C) groups is 1. The van der Waals surface area contributed by atoms with E-state index >= 15 is 0 Å². The van der Waals surface area contributed by atoms with Gasteiger partial charge in [-0.25, -0.2) is 9.98 Å². The maximum Gasteiger partial charge on any atom is 0.237 e. The van der Waals surface area contributed by atoms with Crippen LogP contribution in [0, 0.1) is 11.3 Å². The molecule has 3 atom stereocenters. The van der Waals surface area contributed by atoms with E-state index in [2.05, 4.69) is 57.9 Å². The Kier molecular flexibility index (Phi) is 7.58. The van der Waals surface area contributed by atoms with Crippen LogP contribution in [0.3, 0.4) is 0 Å². The fourth-order valence-corrected chi connectivity index (χ4v) is 7.20. The lowest BCUT2D eigenvalue weighted by molar-refractivity contribution is 0.117. The Morgan fingerprint density at radius 3 is 2.89 bits per heavy atom. The molecule has 3 aromatic heterocycles. The molecule has 200 valence electrons. The highest BCUT2D eigenvalue weighted by Gasteiger charge is 2.43. The predicted molar refractivity (Wildman–Crippen MR) is 151 cm³/mol. The number of fused-ring (bicyclic) bond motifs is 1. The molecule has 0 N–H and O–H groups in total. The van der Waals surface area contributed by atoms with Gasteiger partial charge in [0.15, 0.2) is 0 Å². The van der Waals surface area contributed by atoms with Crippen LogP contribution in [0.5, 0.6) is 5.88 Å². The number of likely N-dealkylation sites (tertiary alicyclic amines) is 1. The van der Waals surface area contributed by atoms with Crippen LogP contribution < -0.4 is 4.74 Å². The van der Waals surface area contributed by atoms with Gasteiger partial charge in [-0.15, -0.1) is 11.3 Å². The molecule has 4 heterocycles. The van der Waals surface area contributed by atoms with Crippen LogP contribution in [0.1, 0.15) is 61.4 Å². The van der Waals surface area contributed by atoms with E-state index in [1.165, 1.54) is 6.42 Å². The Labute approximate surface area is 235 Å². The van der Waals surface area contributed by atoms with Crippen molar-refractivity contribution in [1.82, 2.24) is 24.9 Å². The van der Waals surface area contributed by atoms with Crippen molar-refractivity contribution in [1.29, 1.82) is 5.26 Å². The van der Waals surface area contributed by atoms with E-state index in [0.717, 1.165) is 52.1 Å². The van der Waals surface area contributed by atoms with Gasteiger partial charge in [-0.05, 0) is 65.6 Å². The number of halogens is 1. The first kappa shape index (κ1) is 26.8. The first-order chi connectivity index (χ1) is 18.2. The molecule has 0 saturated carbocycles. The number of aryl methyl sites for hydroxylation is 1. The Morgan fingerprint density at radius 1 is 1.37 bits per heavy atom. The fraction of sp³-hybridized carbons (Fsp3) is 0.519. The van der Waals surface area contributed by atoms with Gasteiger partial charge in [-0.2, -0.15) is 10.2 Å². The molecular weight excluding hydrogens is 566 g/mol. The molecule has 0 radical (unpaired) electrons. The molecule has 2 aliphatic rings. The fourth-order valence-electron chi connectivity index (χ4n) is 5.53. The van der Waals surface area contributed by atoms with Crippen molar-refractivity contribution in [2.45, 2.75) is 63.5 Å². The Balaban J connectivity index is 1.46. The number of pyridine rings is 1. The molecule has 38 heavy (non-hydrogen) atoms. The number of thiophene rings is 1. The monoisotopic (exact) mass is 597 g/mol. The van der Waals surface area contributed by atoms with Crippen molar-refractivity contribution < 1.29 is 9.26 Å². The SMILES string of the molecule is C[C@H](Oc1cc(Br)cc(-c2noc([C@@]3(C)CCCc4sc(/N=C/N(C)C)c(C#N)c43)n2)n1)[C@@H]1CCCN1C. The van der Waals surface area contributed by atoms with E-state index in [1.807, 2.05) is 31.1 Å². The summed E-state index contributed by atoms with van der Waals surface area (Å²) in [7, 11) is 5.96.